The highest BCUT2D eigenvalue weighted by Crippen LogP contribution is 2.38. The van der Waals surface area contributed by atoms with Crippen molar-refractivity contribution in [3.63, 3.8) is 0 Å². The minimum Gasteiger partial charge on any atom is -0.507 e. The summed E-state index contributed by atoms with van der Waals surface area (Å²) in [6.07, 6.45) is -1.76. The van der Waals surface area contributed by atoms with Crippen molar-refractivity contribution in [3.8, 4) is 28.1 Å². The molecule has 1 aromatic carbocycles. The summed E-state index contributed by atoms with van der Waals surface area (Å²) in [4.78, 5) is 3.38. The number of piperidine rings is 1. The number of phenolic OH excluding ortho intramolecular Hbond substituents is 1. The predicted octanol–water partition coefficient (Wildman–Crippen LogP) is 5.16. The van der Waals surface area contributed by atoms with E-state index in [1.165, 1.54) is 12.1 Å². The first kappa shape index (κ1) is 24.1. The lowest BCUT2D eigenvalue weighted by atomic mass is 9.80. The van der Waals surface area contributed by atoms with Crippen molar-refractivity contribution >= 4 is 11.2 Å². The van der Waals surface area contributed by atoms with Crippen LogP contribution in [-0.4, -0.2) is 46.4 Å². The number of pyridine rings is 1. The number of aromatic hydroxyl groups is 1. The molecule has 1 aliphatic heterocycles. The van der Waals surface area contributed by atoms with Crippen molar-refractivity contribution < 1.29 is 18.3 Å². The molecule has 1 saturated heterocycles. The number of phenols is 1. The van der Waals surface area contributed by atoms with Gasteiger partial charge in [-0.1, -0.05) is 11.3 Å². The van der Waals surface area contributed by atoms with Crippen molar-refractivity contribution in [1.82, 2.24) is 35.5 Å². The van der Waals surface area contributed by atoms with E-state index in [0.29, 0.717) is 28.0 Å². The highest BCUT2D eigenvalue weighted by atomic mass is 19.4. The third-order valence-corrected chi connectivity index (χ3v) is 6.39. The Balaban J connectivity index is 1.46. The Morgan fingerprint density at radius 1 is 0.944 bits per heavy atom. The van der Waals surface area contributed by atoms with Crippen molar-refractivity contribution in [2.45, 2.75) is 63.8 Å². The quantitative estimate of drug-likeness (QED) is 0.403. The number of hydrogen-bond acceptors (Lipinski definition) is 7. The van der Waals surface area contributed by atoms with E-state index in [2.05, 4.69) is 58.5 Å². The van der Waals surface area contributed by atoms with Crippen LogP contribution >= 0.6 is 0 Å². The van der Waals surface area contributed by atoms with Gasteiger partial charge in [-0.05, 0) is 82.0 Å². The molecule has 2 N–H and O–H groups in total. The molecule has 188 valence electrons. The van der Waals surface area contributed by atoms with E-state index in [9.17, 15) is 18.3 Å². The first-order valence-corrected chi connectivity index (χ1v) is 11.6. The zero-order valence-electron chi connectivity index (χ0n) is 20.3. The topological polar surface area (TPSA) is 102 Å². The Morgan fingerprint density at radius 2 is 1.64 bits per heavy atom. The first-order valence-electron chi connectivity index (χ1n) is 11.6. The Bertz CT molecular complexity index is 1430. The van der Waals surface area contributed by atoms with Crippen molar-refractivity contribution in [3.05, 3.63) is 48.3 Å². The molecule has 0 spiro atoms. The van der Waals surface area contributed by atoms with Crippen LogP contribution in [0.2, 0.25) is 0 Å². The highest BCUT2D eigenvalue weighted by molar-refractivity contribution is 5.79. The van der Waals surface area contributed by atoms with Gasteiger partial charge in [0.1, 0.15) is 17.0 Å². The monoisotopic (exact) mass is 497 g/mol. The number of nitrogens with one attached hydrogen (secondary N) is 1. The molecule has 36 heavy (non-hydrogen) atoms. The molecular formula is C25H26F3N7O. The lowest BCUT2D eigenvalue weighted by Crippen LogP contribution is -2.58. The second-order valence-corrected chi connectivity index (χ2v) is 10.6. The van der Waals surface area contributed by atoms with Crippen molar-refractivity contribution in [1.29, 1.82) is 0 Å². The summed E-state index contributed by atoms with van der Waals surface area (Å²) in [5, 5.41) is 31.7. The molecule has 0 saturated carbocycles. The third kappa shape index (κ3) is 4.62. The molecule has 4 heterocycles. The van der Waals surface area contributed by atoms with Gasteiger partial charge in [-0.2, -0.15) is 13.2 Å². The van der Waals surface area contributed by atoms with Gasteiger partial charge in [-0.3, -0.25) is 4.98 Å². The molecule has 0 radical (unpaired) electrons. The number of halogens is 3. The SMILES string of the molecule is CC1(C)CC(n2nnc3cc(-c4ccc(-c5ccnc(C(F)(F)F)c5)cc4O)nnc32)CC(C)(C)N1. The molecule has 1 aliphatic rings. The molecule has 0 amide bonds. The number of hydrogen-bond donors (Lipinski definition) is 2. The summed E-state index contributed by atoms with van der Waals surface area (Å²) in [6, 6.07) is 8.80. The molecule has 0 unspecified atom stereocenters. The van der Waals surface area contributed by atoms with Crippen LogP contribution in [-0.2, 0) is 6.18 Å². The molecular weight excluding hydrogens is 471 g/mol. The van der Waals surface area contributed by atoms with Gasteiger partial charge < -0.3 is 10.4 Å². The Kier molecular flexibility index (Phi) is 5.51. The van der Waals surface area contributed by atoms with E-state index < -0.39 is 11.9 Å². The Hall–Kier alpha value is -3.60. The molecule has 0 atom stereocenters. The van der Waals surface area contributed by atoms with Gasteiger partial charge in [-0.15, -0.1) is 15.3 Å². The maximum atomic E-state index is 13.0. The molecule has 8 nitrogen and oxygen atoms in total. The number of aromatic nitrogens is 6. The van der Waals surface area contributed by atoms with Crippen LogP contribution in [0.1, 0.15) is 52.3 Å². The van der Waals surface area contributed by atoms with E-state index in [1.54, 1.807) is 18.2 Å². The van der Waals surface area contributed by atoms with Crippen LogP contribution in [0.15, 0.2) is 42.6 Å². The van der Waals surface area contributed by atoms with Gasteiger partial charge >= 0.3 is 6.18 Å². The maximum absolute atomic E-state index is 13.0. The molecule has 4 aromatic rings. The van der Waals surface area contributed by atoms with Crippen LogP contribution in [0, 0.1) is 0 Å². The molecule has 0 aliphatic carbocycles. The molecule has 11 heteroatoms. The second-order valence-electron chi connectivity index (χ2n) is 10.6. The van der Waals surface area contributed by atoms with Crippen LogP contribution in [0.25, 0.3) is 33.5 Å². The summed E-state index contributed by atoms with van der Waals surface area (Å²) in [6.45, 7) is 8.64. The van der Waals surface area contributed by atoms with Crippen molar-refractivity contribution in [2.75, 3.05) is 0 Å². The Morgan fingerprint density at radius 3 is 2.31 bits per heavy atom. The number of rotatable bonds is 3. The fraction of sp³-hybridized carbons (Fsp3) is 0.400. The summed E-state index contributed by atoms with van der Waals surface area (Å²) in [5.41, 5.74) is 1.42. The molecule has 0 bridgehead atoms. The first-order chi connectivity index (χ1) is 16.8. The highest BCUT2D eigenvalue weighted by Gasteiger charge is 2.39. The van der Waals surface area contributed by atoms with E-state index in [1.807, 2.05) is 4.68 Å². The van der Waals surface area contributed by atoms with E-state index in [-0.39, 0.29) is 28.4 Å². The standard InChI is InChI=1S/C25H26F3N7O/c1-23(2)12-16(13-24(3,4)33-23)35-22-19(31-34-35)11-18(30-32-22)17-6-5-14(9-20(17)36)15-7-8-29-21(10-15)25(26,27)28/h5-11,16,33,36H,12-13H2,1-4H3. The predicted molar refractivity (Wildman–Crippen MR) is 128 cm³/mol. The van der Waals surface area contributed by atoms with Crippen molar-refractivity contribution in [2.24, 2.45) is 0 Å². The number of nitrogens with zero attached hydrogens (tertiary/aromatic N) is 6. The normalized spacial score (nSPS) is 18.0. The van der Waals surface area contributed by atoms with Crippen LogP contribution < -0.4 is 5.32 Å². The zero-order chi connectivity index (χ0) is 25.9. The summed E-state index contributed by atoms with van der Waals surface area (Å²) in [5.74, 6) is -0.138. The third-order valence-electron chi connectivity index (χ3n) is 6.39. The van der Waals surface area contributed by atoms with Crippen LogP contribution in [0.3, 0.4) is 0 Å². The van der Waals surface area contributed by atoms with Gasteiger partial charge in [0.2, 0.25) is 5.65 Å². The average Bonchev–Trinajstić information content (AvgIpc) is 3.20. The minimum atomic E-state index is -4.56. The van der Waals surface area contributed by atoms with E-state index >= 15 is 0 Å². The van der Waals surface area contributed by atoms with Gasteiger partial charge in [0.15, 0.2) is 0 Å². The number of benzene rings is 1. The van der Waals surface area contributed by atoms with E-state index in [4.69, 9.17) is 0 Å². The fourth-order valence-corrected chi connectivity index (χ4v) is 5.26. The maximum Gasteiger partial charge on any atom is 0.433 e. The zero-order valence-corrected chi connectivity index (χ0v) is 20.3. The summed E-state index contributed by atoms with van der Waals surface area (Å²) in [7, 11) is 0. The smallest absolute Gasteiger partial charge is 0.433 e. The Labute approximate surface area is 205 Å². The largest absolute Gasteiger partial charge is 0.507 e. The number of alkyl halides is 3. The minimum absolute atomic E-state index is 0.0821. The van der Waals surface area contributed by atoms with Gasteiger partial charge in [-0.25, -0.2) is 4.68 Å². The molecule has 5 rings (SSSR count). The summed E-state index contributed by atoms with van der Waals surface area (Å²) < 4.78 is 40.9. The molecule has 3 aromatic heterocycles. The fourth-order valence-electron chi connectivity index (χ4n) is 5.26. The van der Waals surface area contributed by atoms with Gasteiger partial charge in [0.25, 0.3) is 0 Å². The van der Waals surface area contributed by atoms with Crippen LogP contribution in [0.4, 0.5) is 13.2 Å². The van der Waals surface area contributed by atoms with Crippen LogP contribution in [0.5, 0.6) is 5.75 Å². The number of fused-ring (bicyclic) bond motifs is 1. The summed E-state index contributed by atoms with van der Waals surface area (Å²) >= 11 is 0. The van der Waals surface area contributed by atoms with E-state index in [0.717, 1.165) is 25.1 Å². The lowest BCUT2D eigenvalue weighted by Gasteiger charge is -2.46. The lowest BCUT2D eigenvalue weighted by molar-refractivity contribution is -0.141. The molecule has 1 fully saturated rings. The average molecular weight is 498 g/mol. The second kappa shape index (κ2) is 8.22. The van der Waals surface area contributed by atoms with Gasteiger partial charge in [0.05, 0.1) is 11.7 Å². The van der Waals surface area contributed by atoms with Gasteiger partial charge in [0, 0.05) is 22.8 Å².